The van der Waals surface area contributed by atoms with E-state index in [0.717, 1.165) is 11.8 Å². The van der Waals surface area contributed by atoms with Crippen LogP contribution in [0.25, 0.3) is 0 Å². The third kappa shape index (κ3) is 3.32. The monoisotopic (exact) mass is 238 g/mol. The molecule has 0 bridgehead atoms. The van der Waals surface area contributed by atoms with Crippen LogP contribution < -0.4 is 0 Å². The molecule has 1 fully saturated rings. The fourth-order valence-electron chi connectivity index (χ4n) is 3.37. The number of allylic oxidation sites excluding steroid dienone is 2. The molecule has 2 heteroatoms. The van der Waals surface area contributed by atoms with Crippen molar-refractivity contribution in [3.05, 3.63) is 12.2 Å². The molecule has 0 saturated heterocycles. The van der Waals surface area contributed by atoms with Gasteiger partial charge in [0.1, 0.15) is 0 Å². The van der Waals surface area contributed by atoms with E-state index >= 15 is 0 Å². The predicted octanol–water partition coefficient (Wildman–Crippen LogP) is 3.50. The third-order valence-electron chi connectivity index (χ3n) is 4.55. The maximum atomic E-state index is 9.56. The number of ether oxygens (including phenoxy) is 1. The zero-order chi connectivity index (χ0) is 12.3. The molecule has 5 atom stereocenters. The maximum Gasteiger partial charge on any atom is 0.154 e. The van der Waals surface area contributed by atoms with Crippen molar-refractivity contribution in [2.24, 2.45) is 17.8 Å². The van der Waals surface area contributed by atoms with Gasteiger partial charge in [0.2, 0.25) is 0 Å². The summed E-state index contributed by atoms with van der Waals surface area (Å²) in [6.45, 7) is 4.09. The number of fused-ring (bicyclic) bond motifs is 1. The largest absolute Gasteiger partial charge is 0.368 e. The van der Waals surface area contributed by atoms with E-state index in [2.05, 4.69) is 19.1 Å². The molecule has 0 amide bonds. The lowest BCUT2D eigenvalue weighted by Gasteiger charge is -2.39. The number of aliphatic hydroxyl groups excluding tert-OH is 1. The topological polar surface area (TPSA) is 29.5 Å². The zero-order valence-electron chi connectivity index (χ0n) is 11.1. The molecule has 0 aromatic rings. The Morgan fingerprint density at radius 1 is 1.35 bits per heavy atom. The van der Waals surface area contributed by atoms with Crippen LogP contribution in [0.15, 0.2) is 12.2 Å². The van der Waals surface area contributed by atoms with Gasteiger partial charge in [-0.05, 0) is 63.2 Å². The molecular weight excluding hydrogens is 212 g/mol. The quantitative estimate of drug-likeness (QED) is 0.600. The number of hydrogen-bond donors (Lipinski definition) is 1. The minimum absolute atomic E-state index is 0.205. The second-order valence-corrected chi connectivity index (χ2v) is 5.71. The van der Waals surface area contributed by atoms with Gasteiger partial charge in [-0.25, -0.2) is 0 Å². The van der Waals surface area contributed by atoms with Gasteiger partial charge in [-0.15, -0.1) is 0 Å². The molecule has 0 spiro atoms. The van der Waals surface area contributed by atoms with E-state index in [1.165, 1.54) is 32.1 Å². The Hall–Kier alpha value is -0.340. The number of aliphatic hydroxyl groups is 1. The molecule has 0 heterocycles. The summed E-state index contributed by atoms with van der Waals surface area (Å²) >= 11 is 0. The molecule has 5 unspecified atom stereocenters. The Labute approximate surface area is 105 Å². The van der Waals surface area contributed by atoms with Gasteiger partial charge < -0.3 is 9.84 Å². The van der Waals surface area contributed by atoms with Gasteiger partial charge >= 0.3 is 0 Å². The van der Waals surface area contributed by atoms with Crippen LogP contribution in [0.2, 0.25) is 0 Å². The Morgan fingerprint density at radius 3 is 2.94 bits per heavy atom. The van der Waals surface area contributed by atoms with E-state index in [1.54, 1.807) is 0 Å². The molecule has 0 aliphatic heterocycles. The molecule has 0 aromatic heterocycles. The first-order valence-corrected chi connectivity index (χ1v) is 7.21. The number of rotatable bonds is 4. The summed E-state index contributed by atoms with van der Waals surface area (Å²) in [7, 11) is 0. The van der Waals surface area contributed by atoms with Gasteiger partial charge in [0.05, 0.1) is 6.10 Å². The van der Waals surface area contributed by atoms with Crippen LogP contribution >= 0.6 is 0 Å². The van der Waals surface area contributed by atoms with Crippen molar-refractivity contribution in [3.8, 4) is 0 Å². The highest BCUT2D eigenvalue weighted by Crippen LogP contribution is 2.41. The highest BCUT2D eigenvalue weighted by Gasteiger charge is 2.33. The second-order valence-electron chi connectivity index (χ2n) is 5.71. The van der Waals surface area contributed by atoms with E-state index < -0.39 is 6.29 Å². The lowest BCUT2D eigenvalue weighted by Crippen LogP contribution is -2.33. The van der Waals surface area contributed by atoms with Crippen molar-refractivity contribution in [2.75, 3.05) is 0 Å². The lowest BCUT2D eigenvalue weighted by atomic mass is 9.69. The fraction of sp³-hybridized carbons (Fsp3) is 0.867. The Kier molecular flexibility index (Phi) is 4.63. The van der Waals surface area contributed by atoms with Crippen LogP contribution in [0, 0.1) is 17.8 Å². The maximum absolute atomic E-state index is 9.56. The first-order valence-electron chi connectivity index (χ1n) is 7.21. The molecule has 98 valence electrons. The van der Waals surface area contributed by atoms with Crippen LogP contribution in [0.1, 0.15) is 52.4 Å². The van der Waals surface area contributed by atoms with E-state index in [1.807, 2.05) is 6.92 Å². The summed E-state index contributed by atoms with van der Waals surface area (Å²) in [5.74, 6) is 2.33. The molecule has 2 rings (SSSR count). The van der Waals surface area contributed by atoms with Crippen molar-refractivity contribution < 1.29 is 9.84 Å². The molecule has 2 aliphatic carbocycles. The molecule has 0 aromatic carbocycles. The van der Waals surface area contributed by atoms with Crippen molar-refractivity contribution >= 4 is 0 Å². The first-order chi connectivity index (χ1) is 8.20. The normalized spacial score (nSPS) is 36.3. The Morgan fingerprint density at radius 2 is 2.18 bits per heavy atom. The van der Waals surface area contributed by atoms with Gasteiger partial charge in [0, 0.05) is 0 Å². The van der Waals surface area contributed by atoms with Crippen LogP contribution in [0.4, 0.5) is 0 Å². The average Bonchev–Trinajstić information content (AvgIpc) is 2.38. The smallest absolute Gasteiger partial charge is 0.154 e. The van der Waals surface area contributed by atoms with E-state index in [9.17, 15) is 5.11 Å². The standard InChI is InChI=1S/C15H26O2/c1-3-15(16)17-11(2)13-9-8-12-6-4-5-7-14(12)10-13/h4,6,11-16H,3,5,7-10H2,1-2H3. The summed E-state index contributed by atoms with van der Waals surface area (Å²) in [5.41, 5.74) is 0. The summed E-state index contributed by atoms with van der Waals surface area (Å²) in [5, 5.41) is 9.56. The number of hydrogen-bond acceptors (Lipinski definition) is 2. The molecule has 0 radical (unpaired) electrons. The van der Waals surface area contributed by atoms with Crippen molar-refractivity contribution in [3.63, 3.8) is 0 Å². The minimum Gasteiger partial charge on any atom is -0.368 e. The van der Waals surface area contributed by atoms with Crippen molar-refractivity contribution in [2.45, 2.75) is 64.8 Å². The van der Waals surface area contributed by atoms with Gasteiger partial charge in [0.25, 0.3) is 0 Å². The molecular formula is C15H26O2. The highest BCUT2D eigenvalue weighted by molar-refractivity contribution is 5.00. The predicted molar refractivity (Wildman–Crippen MR) is 69.5 cm³/mol. The average molecular weight is 238 g/mol. The third-order valence-corrected chi connectivity index (χ3v) is 4.55. The van der Waals surface area contributed by atoms with Crippen LogP contribution in [0.3, 0.4) is 0 Å². The molecule has 1 N–H and O–H groups in total. The summed E-state index contributed by atoms with van der Waals surface area (Å²) < 4.78 is 5.66. The highest BCUT2D eigenvalue weighted by atomic mass is 16.6. The molecule has 17 heavy (non-hydrogen) atoms. The SMILES string of the molecule is CCC(O)OC(C)C1CCC2C=CCCC2C1. The van der Waals surface area contributed by atoms with Gasteiger partial charge in [-0.2, -0.15) is 0 Å². The van der Waals surface area contributed by atoms with Gasteiger partial charge in [-0.3, -0.25) is 0 Å². The molecule has 2 aliphatic rings. The van der Waals surface area contributed by atoms with Gasteiger partial charge in [0.15, 0.2) is 6.29 Å². The first kappa shape index (κ1) is 13.1. The lowest BCUT2D eigenvalue weighted by molar-refractivity contribution is -0.151. The van der Waals surface area contributed by atoms with E-state index in [0.29, 0.717) is 12.3 Å². The van der Waals surface area contributed by atoms with Gasteiger partial charge in [-0.1, -0.05) is 19.1 Å². The van der Waals surface area contributed by atoms with Crippen LogP contribution in [0.5, 0.6) is 0 Å². The van der Waals surface area contributed by atoms with Crippen molar-refractivity contribution in [1.82, 2.24) is 0 Å². The summed E-state index contributed by atoms with van der Waals surface area (Å²) in [6, 6.07) is 0. The summed E-state index contributed by atoms with van der Waals surface area (Å²) in [4.78, 5) is 0. The fourth-order valence-corrected chi connectivity index (χ4v) is 3.37. The minimum atomic E-state index is -0.575. The Bertz CT molecular complexity index is 262. The van der Waals surface area contributed by atoms with E-state index in [4.69, 9.17) is 4.74 Å². The molecule has 1 saturated carbocycles. The summed E-state index contributed by atoms with van der Waals surface area (Å²) in [6.07, 6.45) is 11.5. The second kappa shape index (κ2) is 6.01. The zero-order valence-corrected chi connectivity index (χ0v) is 11.1. The van der Waals surface area contributed by atoms with E-state index in [-0.39, 0.29) is 6.10 Å². The van der Waals surface area contributed by atoms with Crippen molar-refractivity contribution in [1.29, 1.82) is 0 Å². The van der Waals surface area contributed by atoms with Crippen LogP contribution in [-0.2, 0) is 4.74 Å². The molecule has 2 nitrogen and oxygen atoms in total. The Balaban J connectivity index is 1.85. The van der Waals surface area contributed by atoms with Crippen LogP contribution in [-0.4, -0.2) is 17.5 Å².